The number of halogens is 3. The van der Waals surface area contributed by atoms with Gasteiger partial charge < -0.3 is 10.2 Å². The highest BCUT2D eigenvalue weighted by Crippen LogP contribution is 2.27. The predicted octanol–water partition coefficient (Wildman–Crippen LogP) is 0.774. The van der Waals surface area contributed by atoms with Crippen molar-refractivity contribution in [3.8, 4) is 0 Å². The average Bonchev–Trinajstić information content (AvgIpc) is 1.56. The van der Waals surface area contributed by atoms with Crippen molar-refractivity contribution in [1.82, 2.24) is 0 Å². The number of carboxylic acids is 1. The third-order valence-electron chi connectivity index (χ3n) is 1.01. The van der Waals surface area contributed by atoms with Crippen molar-refractivity contribution in [3.63, 3.8) is 0 Å². The first-order chi connectivity index (χ1) is 4.65. The van der Waals surface area contributed by atoms with E-state index in [4.69, 9.17) is 10.2 Å². The smallest absolute Gasteiger partial charge is 0.392 e. The van der Waals surface area contributed by atoms with Crippen molar-refractivity contribution in [2.45, 2.75) is 25.1 Å². The van der Waals surface area contributed by atoms with Gasteiger partial charge in [0.2, 0.25) is 0 Å². The molecule has 0 fully saturated rings. The molecule has 11 heavy (non-hydrogen) atoms. The van der Waals surface area contributed by atoms with Gasteiger partial charge in [-0.3, -0.25) is 0 Å². The van der Waals surface area contributed by atoms with Crippen molar-refractivity contribution in [3.05, 3.63) is 0 Å². The fourth-order valence-corrected chi connectivity index (χ4v) is 0.466. The van der Waals surface area contributed by atoms with Crippen LogP contribution in [-0.4, -0.2) is 28.0 Å². The summed E-state index contributed by atoms with van der Waals surface area (Å²) >= 11 is 0. The summed E-state index contributed by atoms with van der Waals surface area (Å²) in [6.45, 7) is 0.600. The quantitative estimate of drug-likeness (QED) is 0.646. The first-order valence-electron chi connectivity index (χ1n) is 2.68. The molecule has 3 nitrogen and oxygen atoms in total. The number of alkyl halides is 3. The molecule has 0 rings (SSSR count). The summed E-state index contributed by atoms with van der Waals surface area (Å²) in [5, 5.41) is 16.7. The van der Waals surface area contributed by atoms with Gasteiger partial charge in [-0.15, -0.1) is 0 Å². The standard InChI is InChI=1S/C5H7F3O3/c1-4(11,3(9)10)2-5(6,7)8/h11H,2H2,1H3,(H,9,10)/t4-/m0/s1. The Labute approximate surface area is 60.4 Å². The molecule has 2 N–H and O–H groups in total. The molecule has 0 radical (unpaired) electrons. The van der Waals surface area contributed by atoms with Crippen molar-refractivity contribution in [2.24, 2.45) is 0 Å². The van der Waals surface area contributed by atoms with Crippen LogP contribution in [0.1, 0.15) is 13.3 Å². The molecule has 0 aromatic carbocycles. The molecule has 0 unspecified atom stereocenters. The van der Waals surface area contributed by atoms with E-state index in [9.17, 15) is 18.0 Å². The summed E-state index contributed by atoms with van der Waals surface area (Å²) in [6.07, 6.45) is -6.41. The normalized spacial score (nSPS) is 17.5. The van der Waals surface area contributed by atoms with E-state index in [1.807, 2.05) is 0 Å². The van der Waals surface area contributed by atoms with Gasteiger partial charge in [0.15, 0.2) is 5.60 Å². The minimum atomic E-state index is -4.66. The van der Waals surface area contributed by atoms with E-state index in [1.165, 1.54) is 0 Å². The Bertz CT molecular complexity index is 161. The van der Waals surface area contributed by atoms with Gasteiger partial charge in [-0.2, -0.15) is 13.2 Å². The molecule has 0 aliphatic carbocycles. The van der Waals surface area contributed by atoms with E-state index >= 15 is 0 Å². The molecule has 0 saturated heterocycles. The summed E-state index contributed by atoms with van der Waals surface area (Å²) in [4.78, 5) is 9.95. The van der Waals surface area contributed by atoms with Gasteiger partial charge in [0.05, 0.1) is 6.42 Å². The molecule has 1 atom stereocenters. The number of carboxylic acid groups (broad SMARTS) is 1. The topological polar surface area (TPSA) is 57.5 Å². The minimum Gasteiger partial charge on any atom is -0.479 e. The number of rotatable bonds is 2. The monoisotopic (exact) mass is 172 g/mol. The third kappa shape index (κ3) is 3.82. The second kappa shape index (κ2) is 2.69. The van der Waals surface area contributed by atoms with E-state index in [2.05, 4.69) is 0 Å². The van der Waals surface area contributed by atoms with E-state index < -0.39 is 24.2 Å². The van der Waals surface area contributed by atoms with E-state index in [0.29, 0.717) is 6.92 Å². The van der Waals surface area contributed by atoms with Gasteiger partial charge in [0.1, 0.15) is 0 Å². The van der Waals surface area contributed by atoms with Crippen LogP contribution in [0.2, 0.25) is 0 Å². The molecular formula is C5H7F3O3. The van der Waals surface area contributed by atoms with E-state index in [0.717, 1.165) is 0 Å². The van der Waals surface area contributed by atoms with Crippen LogP contribution in [0.25, 0.3) is 0 Å². The van der Waals surface area contributed by atoms with Crippen LogP contribution in [0.15, 0.2) is 0 Å². The van der Waals surface area contributed by atoms with Gasteiger partial charge in [0, 0.05) is 0 Å². The van der Waals surface area contributed by atoms with Crippen LogP contribution in [0.5, 0.6) is 0 Å². The molecule has 0 aromatic heterocycles. The SMILES string of the molecule is C[C@](O)(CC(F)(F)F)C(=O)O. The molecule has 0 spiro atoms. The second-order valence-corrected chi connectivity index (χ2v) is 2.37. The zero-order chi connectivity index (χ0) is 9.28. The lowest BCUT2D eigenvalue weighted by Crippen LogP contribution is -2.39. The van der Waals surface area contributed by atoms with E-state index in [-0.39, 0.29) is 0 Å². The molecular weight excluding hydrogens is 165 g/mol. The third-order valence-corrected chi connectivity index (χ3v) is 1.01. The maximum atomic E-state index is 11.5. The Morgan fingerprint density at radius 1 is 1.45 bits per heavy atom. The lowest BCUT2D eigenvalue weighted by molar-refractivity contribution is -0.191. The fraction of sp³-hybridized carbons (Fsp3) is 0.800. The number of hydrogen-bond acceptors (Lipinski definition) is 2. The molecule has 0 amide bonds. The van der Waals surface area contributed by atoms with Crippen molar-refractivity contribution in [1.29, 1.82) is 0 Å². The second-order valence-electron chi connectivity index (χ2n) is 2.37. The number of carbonyl (C=O) groups is 1. The minimum absolute atomic E-state index is 0.600. The summed E-state index contributed by atoms with van der Waals surface area (Å²) in [5.74, 6) is -1.88. The zero-order valence-corrected chi connectivity index (χ0v) is 5.64. The zero-order valence-electron chi connectivity index (χ0n) is 5.64. The van der Waals surface area contributed by atoms with Crippen LogP contribution in [0.4, 0.5) is 13.2 Å². The van der Waals surface area contributed by atoms with Gasteiger partial charge >= 0.3 is 12.1 Å². The summed E-state index contributed by atoms with van der Waals surface area (Å²) in [6, 6.07) is 0. The van der Waals surface area contributed by atoms with Crippen LogP contribution in [0, 0.1) is 0 Å². The van der Waals surface area contributed by atoms with Gasteiger partial charge in [0.25, 0.3) is 0 Å². The molecule has 0 heterocycles. The molecule has 0 aromatic rings. The Balaban J connectivity index is 4.25. The Morgan fingerprint density at radius 3 is 1.91 bits per heavy atom. The van der Waals surface area contributed by atoms with Gasteiger partial charge in [-0.05, 0) is 6.92 Å². The summed E-state index contributed by atoms with van der Waals surface area (Å²) in [7, 11) is 0. The molecule has 0 aliphatic rings. The van der Waals surface area contributed by atoms with Crippen molar-refractivity contribution < 1.29 is 28.2 Å². The molecule has 66 valence electrons. The highest BCUT2D eigenvalue weighted by atomic mass is 19.4. The predicted molar refractivity (Wildman–Crippen MR) is 28.9 cm³/mol. The Kier molecular flexibility index (Phi) is 2.50. The number of hydrogen-bond donors (Lipinski definition) is 2. The van der Waals surface area contributed by atoms with E-state index in [1.54, 1.807) is 0 Å². The lowest BCUT2D eigenvalue weighted by atomic mass is 10.0. The Hall–Kier alpha value is -0.780. The lowest BCUT2D eigenvalue weighted by Gasteiger charge is -2.18. The maximum absolute atomic E-state index is 11.5. The average molecular weight is 172 g/mol. The first kappa shape index (κ1) is 10.2. The number of aliphatic carboxylic acids is 1. The van der Waals surface area contributed by atoms with Crippen LogP contribution < -0.4 is 0 Å². The maximum Gasteiger partial charge on any atom is 0.392 e. The van der Waals surface area contributed by atoms with Gasteiger partial charge in [-0.1, -0.05) is 0 Å². The number of aliphatic hydroxyl groups is 1. The summed E-state index contributed by atoms with van der Waals surface area (Å²) < 4.78 is 34.5. The fourth-order valence-electron chi connectivity index (χ4n) is 0.466. The molecule has 0 bridgehead atoms. The molecule has 0 aliphatic heterocycles. The van der Waals surface area contributed by atoms with Crippen LogP contribution in [0.3, 0.4) is 0 Å². The van der Waals surface area contributed by atoms with Crippen LogP contribution >= 0.6 is 0 Å². The Morgan fingerprint density at radius 2 is 1.82 bits per heavy atom. The van der Waals surface area contributed by atoms with Crippen molar-refractivity contribution >= 4 is 5.97 Å². The summed E-state index contributed by atoms with van der Waals surface area (Å²) in [5.41, 5.74) is -2.72. The largest absolute Gasteiger partial charge is 0.479 e. The highest BCUT2D eigenvalue weighted by Gasteiger charge is 2.43. The molecule has 0 saturated carbocycles. The highest BCUT2D eigenvalue weighted by molar-refractivity contribution is 5.76. The van der Waals surface area contributed by atoms with Crippen molar-refractivity contribution in [2.75, 3.05) is 0 Å². The first-order valence-corrected chi connectivity index (χ1v) is 2.68. The molecule has 6 heteroatoms. The van der Waals surface area contributed by atoms with Crippen LogP contribution in [-0.2, 0) is 4.79 Å². The van der Waals surface area contributed by atoms with Gasteiger partial charge in [-0.25, -0.2) is 4.79 Å².